The van der Waals surface area contributed by atoms with Gasteiger partial charge in [-0.05, 0) is 16.7 Å². The van der Waals surface area contributed by atoms with Crippen molar-refractivity contribution >= 4 is 11.4 Å². The Balaban J connectivity index is 1.84. The number of hydrogen-bond acceptors (Lipinski definition) is 1. The third-order valence-electron chi connectivity index (χ3n) is 3.65. The number of benzene rings is 3. The summed E-state index contributed by atoms with van der Waals surface area (Å²) in [6.07, 6.45) is 0. The van der Waals surface area contributed by atoms with Crippen LogP contribution < -0.4 is 0 Å². The quantitative estimate of drug-likeness (QED) is 0.618. The van der Waals surface area contributed by atoms with Crippen molar-refractivity contribution < 1.29 is 4.79 Å². The number of rotatable bonds is 4. The van der Waals surface area contributed by atoms with Crippen LogP contribution in [-0.2, 0) is 0 Å². The highest BCUT2D eigenvalue weighted by Gasteiger charge is 2.09. The van der Waals surface area contributed by atoms with Crippen LogP contribution in [0.3, 0.4) is 0 Å². The van der Waals surface area contributed by atoms with Crippen molar-refractivity contribution in [1.29, 1.82) is 0 Å². The first kappa shape index (κ1) is 14.0. The molecular formula is C21H16O. The van der Waals surface area contributed by atoms with E-state index in [-0.39, 0.29) is 5.78 Å². The largest absolute Gasteiger partial charge is 0.289 e. The fourth-order valence-electron chi connectivity index (χ4n) is 2.38. The van der Waals surface area contributed by atoms with Gasteiger partial charge in [-0.3, -0.25) is 4.79 Å². The SMILES string of the molecule is C=C(c1ccccc1)c1ccc(C(=O)c2ccccc2)cc1. The van der Waals surface area contributed by atoms with Gasteiger partial charge in [-0.25, -0.2) is 0 Å². The molecule has 0 aliphatic carbocycles. The third kappa shape index (κ3) is 2.89. The lowest BCUT2D eigenvalue weighted by Crippen LogP contribution is -2.00. The van der Waals surface area contributed by atoms with Crippen LogP contribution >= 0.6 is 0 Å². The second-order valence-corrected chi connectivity index (χ2v) is 5.12. The van der Waals surface area contributed by atoms with Gasteiger partial charge < -0.3 is 0 Å². The van der Waals surface area contributed by atoms with Gasteiger partial charge in [-0.2, -0.15) is 0 Å². The summed E-state index contributed by atoms with van der Waals surface area (Å²) in [5, 5.41) is 0. The second kappa shape index (κ2) is 6.23. The Morgan fingerprint density at radius 1 is 0.545 bits per heavy atom. The maximum atomic E-state index is 12.4. The molecule has 3 rings (SSSR count). The molecule has 3 aromatic carbocycles. The van der Waals surface area contributed by atoms with Crippen molar-refractivity contribution in [3.63, 3.8) is 0 Å². The molecule has 1 nitrogen and oxygen atoms in total. The van der Waals surface area contributed by atoms with Crippen molar-refractivity contribution in [2.24, 2.45) is 0 Å². The molecule has 0 saturated carbocycles. The van der Waals surface area contributed by atoms with Crippen LogP contribution in [0.25, 0.3) is 5.57 Å². The molecule has 22 heavy (non-hydrogen) atoms. The zero-order chi connectivity index (χ0) is 15.4. The number of ketones is 1. The minimum absolute atomic E-state index is 0.0393. The topological polar surface area (TPSA) is 17.1 Å². The summed E-state index contributed by atoms with van der Waals surface area (Å²) >= 11 is 0. The zero-order valence-electron chi connectivity index (χ0n) is 12.2. The lowest BCUT2D eigenvalue weighted by atomic mass is 9.96. The maximum Gasteiger partial charge on any atom is 0.193 e. The van der Waals surface area contributed by atoms with E-state index < -0.39 is 0 Å². The molecule has 1 heteroatoms. The van der Waals surface area contributed by atoms with Gasteiger partial charge in [-0.15, -0.1) is 0 Å². The molecule has 0 aliphatic rings. The predicted molar refractivity (Wildman–Crippen MR) is 90.9 cm³/mol. The van der Waals surface area contributed by atoms with Crippen LogP contribution in [0.2, 0.25) is 0 Å². The maximum absolute atomic E-state index is 12.4. The van der Waals surface area contributed by atoms with E-state index in [2.05, 4.69) is 6.58 Å². The molecule has 3 aromatic rings. The average Bonchev–Trinajstić information content (AvgIpc) is 2.62. The molecule has 0 heterocycles. The highest BCUT2D eigenvalue weighted by atomic mass is 16.1. The summed E-state index contributed by atoms with van der Waals surface area (Å²) in [4.78, 5) is 12.4. The standard InChI is InChI=1S/C21H16O/c1-16(17-8-4-2-5-9-17)18-12-14-20(15-13-18)21(22)19-10-6-3-7-11-19/h2-15H,1H2. The summed E-state index contributed by atoms with van der Waals surface area (Å²) in [6.45, 7) is 4.14. The molecule has 0 radical (unpaired) electrons. The van der Waals surface area contributed by atoms with E-state index >= 15 is 0 Å². The zero-order valence-corrected chi connectivity index (χ0v) is 12.2. The van der Waals surface area contributed by atoms with E-state index in [1.165, 1.54) is 0 Å². The Bertz CT molecular complexity index is 714. The van der Waals surface area contributed by atoms with Crippen LogP contribution in [-0.4, -0.2) is 5.78 Å². The molecule has 0 amide bonds. The number of hydrogen-bond donors (Lipinski definition) is 0. The Morgan fingerprint density at radius 2 is 0.909 bits per heavy atom. The molecule has 0 N–H and O–H groups in total. The molecule has 0 spiro atoms. The molecule has 0 aliphatic heterocycles. The van der Waals surface area contributed by atoms with Gasteiger partial charge >= 0.3 is 0 Å². The van der Waals surface area contributed by atoms with Crippen molar-refractivity contribution in [2.45, 2.75) is 0 Å². The number of carbonyl (C=O) groups excluding carboxylic acids is 1. The fourth-order valence-corrected chi connectivity index (χ4v) is 2.38. The second-order valence-electron chi connectivity index (χ2n) is 5.12. The minimum Gasteiger partial charge on any atom is -0.289 e. The molecule has 0 unspecified atom stereocenters. The predicted octanol–water partition coefficient (Wildman–Crippen LogP) is 4.98. The highest BCUT2D eigenvalue weighted by molar-refractivity contribution is 6.09. The number of carbonyl (C=O) groups is 1. The van der Waals surface area contributed by atoms with Gasteiger partial charge in [0, 0.05) is 11.1 Å². The lowest BCUT2D eigenvalue weighted by molar-refractivity contribution is 0.103. The molecular weight excluding hydrogens is 268 g/mol. The van der Waals surface area contributed by atoms with Gasteiger partial charge in [0.2, 0.25) is 0 Å². The first-order valence-electron chi connectivity index (χ1n) is 7.20. The van der Waals surface area contributed by atoms with E-state index in [0.717, 1.165) is 16.7 Å². The van der Waals surface area contributed by atoms with Crippen LogP contribution in [0.1, 0.15) is 27.0 Å². The van der Waals surface area contributed by atoms with Crippen molar-refractivity contribution in [3.8, 4) is 0 Å². The molecule has 0 saturated heterocycles. The lowest BCUT2D eigenvalue weighted by Gasteiger charge is -2.07. The monoisotopic (exact) mass is 284 g/mol. The summed E-state index contributed by atoms with van der Waals surface area (Å²) < 4.78 is 0. The van der Waals surface area contributed by atoms with E-state index in [9.17, 15) is 4.79 Å². The van der Waals surface area contributed by atoms with Crippen molar-refractivity contribution in [1.82, 2.24) is 0 Å². The van der Waals surface area contributed by atoms with Crippen LogP contribution in [0.5, 0.6) is 0 Å². The van der Waals surface area contributed by atoms with Crippen LogP contribution in [0, 0.1) is 0 Å². The summed E-state index contributed by atoms with van der Waals surface area (Å²) in [7, 11) is 0. The Hall–Kier alpha value is -2.93. The molecule has 0 aromatic heterocycles. The Kier molecular flexibility index (Phi) is 3.97. The van der Waals surface area contributed by atoms with Crippen molar-refractivity contribution in [3.05, 3.63) is 114 Å². The van der Waals surface area contributed by atoms with E-state index in [1.54, 1.807) is 0 Å². The smallest absolute Gasteiger partial charge is 0.193 e. The molecule has 0 bridgehead atoms. The van der Waals surface area contributed by atoms with Gasteiger partial charge in [0.05, 0.1) is 0 Å². The van der Waals surface area contributed by atoms with Crippen molar-refractivity contribution in [2.75, 3.05) is 0 Å². The van der Waals surface area contributed by atoms with Crippen LogP contribution in [0.15, 0.2) is 91.5 Å². The fraction of sp³-hybridized carbons (Fsp3) is 0. The van der Waals surface area contributed by atoms with Gasteiger partial charge in [0.15, 0.2) is 5.78 Å². The first-order chi connectivity index (χ1) is 10.8. The highest BCUT2D eigenvalue weighted by Crippen LogP contribution is 2.22. The van der Waals surface area contributed by atoms with Gasteiger partial charge in [-0.1, -0.05) is 91.5 Å². The van der Waals surface area contributed by atoms with Gasteiger partial charge in [0.1, 0.15) is 0 Å². The molecule has 106 valence electrons. The van der Waals surface area contributed by atoms with Crippen LogP contribution in [0.4, 0.5) is 0 Å². The van der Waals surface area contributed by atoms with Gasteiger partial charge in [0.25, 0.3) is 0 Å². The van der Waals surface area contributed by atoms with E-state index in [1.807, 2.05) is 84.9 Å². The normalized spacial score (nSPS) is 10.2. The third-order valence-corrected chi connectivity index (χ3v) is 3.65. The van der Waals surface area contributed by atoms with E-state index in [0.29, 0.717) is 11.1 Å². The van der Waals surface area contributed by atoms with E-state index in [4.69, 9.17) is 0 Å². The molecule has 0 atom stereocenters. The summed E-state index contributed by atoms with van der Waals surface area (Å²) in [6, 6.07) is 27.0. The Labute approximate surface area is 130 Å². The summed E-state index contributed by atoms with van der Waals surface area (Å²) in [5.41, 5.74) is 4.47. The molecule has 0 fully saturated rings. The minimum atomic E-state index is 0.0393. The first-order valence-corrected chi connectivity index (χ1v) is 7.20. The average molecular weight is 284 g/mol. The Morgan fingerprint density at radius 3 is 1.45 bits per heavy atom. The summed E-state index contributed by atoms with van der Waals surface area (Å²) in [5.74, 6) is 0.0393.